The van der Waals surface area contributed by atoms with Gasteiger partial charge < -0.3 is 10.4 Å². The van der Waals surface area contributed by atoms with Crippen molar-refractivity contribution in [1.29, 1.82) is 0 Å². The fourth-order valence-corrected chi connectivity index (χ4v) is 1.19. The molecule has 0 bridgehead atoms. The lowest BCUT2D eigenvalue weighted by molar-refractivity contribution is -0.150. The van der Waals surface area contributed by atoms with Crippen LogP contribution in [-0.4, -0.2) is 35.3 Å². The second kappa shape index (κ2) is 5.26. The molecule has 0 spiro atoms. The second-order valence-electron chi connectivity index (χ2n) is 3.17. The van der Waals surface area contributed by atoms with Crippen LogP contribution >= 0.6 is 0 Å². The third-order valence-electron chi connectivity index (χ3n) is 2.05. The van der Waals surface area contributed by atoms with Crippen LogP contribution in [0.2, 0.25) is 0 Å². The number of carbonyl (C=O) groups is 2. The molecule has 1 aliphatic heterocycles. The molecule has 6 nitrogen and oxygen atoms in total. The molecule has 3 N–H and O–H groups in total. The Labute approximate surface area is 87.0 Å². The number of carboxylic acid groups (broad SMARTS) is 1. The van der Waals surface area contributed by atoms with Gasteiger partial charge in [0.15, 0.2) is 0 Å². The van der Waals surface area contributed by atoms with E-state index in [2.05, 4.69) is 10.4 Å². The van der Waals surface area contributed by atoms with E-state index in [1.165, 1.54) is 0 Å². The summed E-state index contributed by atoms with van der Waals surface area (Å²) in [6.45, 7) is 2.49. The average Bonchev–Trinajstić information content (AvgIpc) is 2.26. The Morgan fingerprint density at radius 3 is 2.80 bits per heavy atom. The van der Waals surface area contributed by atoms with Crippen molar-refractivity contribution in [3.8, 4) is 0 Å². The molecule has 0 radical (unpaired) electrons. The Morgan fingerprint density at radius 1 is 1.53 bits per heavy atom. The zero-order valence-corrected chi connectivity index (χ0v) is 8.36. The SMILES string of the molecule is CC(=NNC(=O)C(=O)O)C1CC=CCN1. The van der Waals surface area contributed by atoms with Crippen LogP contribution in [0.4, 0.5) is 0 Å². The largest absolute Gasteiger partial charge is 0.474 e. The summed E-state index contributed by atoms with van der Waals surface area (Å²) in [5, 5.41) is 15.2. The number of amides is 1. The van der Waals surface area contributed by atoms with Crippen molar-refractivity contribution in [3.63, 3.8) is 0 Å². The van der Waals surface area contributed by atoms with Crippen LogP contribution in [0.25, 0.3) is 0 Å². The molecule has 1 unspecified atom stereocenters. The minimum Gasteiger partial charge on any atom is -0.474 e. The van der Waals surface area contributed by atoms with E-state index in [0.29, 0.717) is 5.71 Å². The number of nitrogens with zero attached hydrogens (tertiary/aromatic N) is 1. The highest BCUT2D eigenvalue weighted by atomic mass is 16.4. The third-order valence-corrected chi connectivity index (χ3v) is 2.05. The van der Waals surface area contributed by atoms with Gasteiger partial charge in [-0.1, -0.05) is 12.2 Å². The Bertz CT molecular complexity index is 323. The van der Waals surface area contributed by atoms with E-state index in [0.717, 1.165) is 13.0 Å². The summed E-state index contributed by atoms with van der Waals surface area (Å²) in [5.74, 6) is -2.66. The van der Waals surface area contributed by atoms with E-state index in [1.54, 1.807) is 6.92 Å². The predicted molar refractivity (Wildman–Crippen MR) is 54.4 cm³/mol. The number of aliphatic carboxylic acids is 1. The van der Waals surface area contributed by atoms with Crippen molar-refractivity contribution in [1.82, 2.24) is 10.7 Å². The first-order valence-corrected chi connectivity index (χ1v) is 4.57. The van der Waals surface area contributed by atoms with Gasteiger partial charge >= 0.3 is 11.9 Å². The molecule has 0 aromatic rings. The number of rotatable bonds is 2. The Balaban J connectivity index is 2.48. The van der Waals surface area contributed by atoms with Gasteiger partial charge in [-0.25, -0.2) is 10.2 Å². The molecule has 1 heterocycles. The molecule has 1 amide bonds. The molecule has 1 rings (SSSR count). The van der Waals surface area contributed by atoms with Gasteiger partial charge in [-0.2, -0.15) is 5.10 Å². The van der Waals surface area contributed by atoms with Gasteiger partial charge in [0, 0.05) is 6.54 Å². The molecule has 82 valence electrons. The van der Waals surface area contributed by atoms with Crippen molar-refractivity contribution in [2.45, 2.75) is 19.4 Å². The van der Waals surface area contributed by atoms with Gasteiger partial charge in [0.05, 0.1) is 11.8 Å². The van der Waals surface area contributed by atoms with Crippen LogP contribution < -0.4 is 10.7 Å². The van der Waals surface area contributed by atoms with Gasteiger partial charge in [-0.15, -0.1) is 0 Å². The zero-order chi connectivity index (χ0) is 11.3. The highest BCUT2D eigenvalue weighted by Crippen LogP contribution is 2.01. The lowest BCUT2D eigenvalue weighted by atomic mass is 10.1. The van der Waals surface area contributed by atoms with E-state index in [-0.39, 0.29) is 6.04 Å². The molecule has 1 aliphatic rings. The smallest absolute Gasteiger partial charge is 0.396 e. The van der Waals surface area contributed by atoms with Gasteiger partial charge in [-0.3, -0.25) is 4.79 Å². The topological polar surface area (TPSA) is 90.8 Å². The molecular weight excluding hydrogens is 198 g/mol. The van der Waals surface area contributed by atoms with Crippen LogP contribution in [0, 0.1) is 0 Å². The maximum absolute atomic E-state index is 10.7. The Morgan fingerprint density at radius 2 is 2.27 bits per heavy atom. The van der Waals surface area contributed by atoms with Crippen LogP contribution in [0.3, 0.4) is 0 Å². The summed E-state index contributed by atoms with van der Waals surface area (Å²) >= 11 is 0. The lowest BCUT2D eigenvalue weighted by Crippen LogP contribution is -2.39. The van der Waals surface area contributed by atoms with Crippen molar-refractivity contribution >= 4 is 17.6 Å². The van der Waals surface area contributed by atoms with Crippen LogP contribution in [0.5, 0.6) is 0 Å². The maximum atomic E-state index is 10.7. The molecule has 0 aromatic heterocycles. The fourth-order valence-electron chi connectivity index (χ4n) is 1.19. The number of hydrogen-bond donors (Lipinski definition) is 3. The third kappa shape index (κ3) is 3.51. The number of carboxylic acids is 1. The summed E-state index contributed by atoms with van der Waals surface area (Å²) < 4.78 is 0. The number of hydrazone groups is 1. The minimum atomic E-state index is -1.54. The molecule has 0 aromatic carbocycles. The second-order valence-corrected chi connectivity index (χ2v) is 3.17. The van der Waals surface area contributed by atoms with Crippen molar-refractivity contribution < 1.29 is 14.7 Å². The summed E-state index contributed by atoms with van der Waals surface area (Å²) in [4.78, 5) is 20.9. The lowest BCUT2D eigenvalue weighted by Gasteiger charge is -2.18. The minimum absolute atomic E-state index is 0.0593. The van der Waals surface area contributed by atoms with Gasteiger partial charge in [0.25, 0.3) is 0 Å². The predicted octanol–water partition coefficient (Wildman–Crippen LogP) is -0.519. The first-order valence-electron chi connectivity index (χ1n) is 4.57. The van der Waals surface area contributed by atoms with E-state index in [4.69, 9.17) is 5.11 Å². The number of hydrogen-bond acceptors (Lipinski definition) is 4. The summed E-state index contributed by atoms with van der Waals surface area (Å²) in [6, 6.07) is 0.0593. The Hall–Kier alpha value is -1.69. The summed E-state index contributed by atoms with van der Waals surface area (Å²) in [7, 11) is 0. The van der Waals surface area contributed by atoms with Crippen LogP contribution in [0.15, 0.2) is 17.3 Å². The maximum Gasteiger partial charge on any atom is 0.396 e. The zero-order valence-electron chi connectivity index (χ0n) is 8.36. The summed E-state index contributed by atoms with van der Waals surface area (Å²) in [6.07, 6.45) is 4.80. The molecule has 15 heavy (non-hydrogen) atoms. The average molecular weight is 211 g/mol. The quantitative estimate of drug-likeness (QED) is 0.248. The molecular formula is C9H13N3O3. The highest BCUT2D eigenvalue weighted by Gasteiger charge is 2.14. The van der Waals surface area contributed by atoms with Gasteiger partial charge in [-0.05, 0) is 13.3 Å². The number of nitrogens with one attached hydrogen (secondary N) is 2. The van der Waals surface area contributed by atoms with Crippen molar-refractivity contribution in [2.75, 3.05) is 6.54 Å². The van der Waals surface area contributed by atoms with E-state index < -0.39 is 11.9 Å². The molecule has 0 saturated heterocycles. The molecule has 0 fully saturated rings. The molecule has 0 saturated carbocycles. The fraction of sp³-hybridized carbons (Fsp3) is 0.444. The van der Waals surface area contributed by atoms with E-state index >= 15 is 0 Å². The highest BCUT2D eigenvalue weighted by molar-refractivity contribution is 6.31. The number of carbonyl (C=O) groups excluding carboxylic acids is 1. The first-order chi connectivity index (χ1) is 7.11. The van der Waals surface area contributed by atoms with Crippen molar-refractivity contribution in [3.05, 3.63) is 12.2 Å². The van der Waals surface area contributed by atoms with Gasteiger partial charge in [0.1, 0.15) is 0 Å². The monoisotopic (exact) mass is 211 g/mol. The molecule has 6 heteroatoms. The van der Waals surface area contributed by atoms with E-state index in [9.17, 15) is 9.59 Å². The Kier molecular flexibility index (Phi) is 3.99. The van der Waals surface area contributed by atoms with Crippen LogP contribution in [0.1, 0.15) is 13.3 Å². The standard InChI is InChI=1S/C9H13N3O3/c1-6(7-4-2-3-5-10-7)11-12-8(13)9(14)15/h2-3,7,10H,4-5H2,1H3,(H,12,13)(H,14,15). The summed E-state index contributed by atoms with van der Waals surface area (Å²) in [5.41, 5.74) is 2.63. The van der Waals surface area contributed by atoms with Crippen LogP contribution in [-0.2, 0) is 9.59 Å². The first kappa shape index (κ1) is 11.4. The molecule has 0 aliphatic carbocycles. The van der Waals surface area contributed by atoms with E-state index in [1.807, 2.05) is 17.6 Å². The van der Waals surface area contributed by atoms with Crippen molar-refractivity contribution in [2.24, 2.45) is 5.10 Å². The molecule has 1 atom stereocenters. The normalized spacial score (nSPS) is 21.1. The van der Waals surface area contributed by atoms with Gasteiger partial charge in [0.2, 0.25) is 0 Å².